The van der Waals surface area contributed by atoms with E-state index in [4.69, 9.17) is 14.0 Å². The van der Waals surface area contributed by atoms with Crippen molar-refractivity contribution in [2.45, 2.75) is 51.4 Å². The molecule has 0 aliphatic carbocycles. The average molecular weight is 265 g/mol. The van der Waals surface area contributed by atoms with Gasteiger partial charge in [-0.15, -0.1) is 0 Å². The third-order valence-electron chi connectivity index (χ3n) is 4.25. The Balaban J connectivity index is 1.77. The number of aromatic nitrogens is 3. The van der Waals surface area contributed by atoms with Crippen molar-refractivity contribution in [3.8, 4) is 0 Å². The van der Waals surface area contributed by atoms with E-state index in [1.165, 1.54) is 0 Å². The fourth-order valence-corrected chi connectivity index (χ4v) is 2.24. The van der Waals surface area contributed by atoms with Gasteiger partial charge in [0.2, 0.25) is 0 Å². The van der Waals surface area contributed by atoms with Crippen molar-refractivity contribution in [2.75, 3.05) is 13.2 Å². The van der Waals surface area contributed by atoms with Gasteiger partial charge in [-0.2, -0.15) is 15.0 Å². The first-order valence-electron chi connectivity index (χ1n) is 6.74. The van der Waals surface area contributed by atoms with E-state index in [0.717, 1.165) is 18.6 Å². The highest BCUT2D eigenvalue weighted by atomic mass is 16.7. The first-order valence-corrected chi connectivity index (χ1v) is 6.74. The van der Waals surface area contributed by atoms with Gasteiger partial charge in [-0.3, -0.25) is 0 Å². The largest absolute Gasteiger partial charge is 0.518 e. The Morgan fingerprint density at radius 1 is 1.26 bits per heavy atom. The second-order valence-corrected chi connectivity index (χ2v) is 6.20. The van der Waals surface area contributed by atoms with Crippen LogP contribution < -0.4 is 5.59 Å². The fourth-order valence-electron chi connectivity index (χ4n) is 2.24. The zero-order chi connectivity index (χ0) is 13.7. The van der Waals surface area contributed by atoms with Crippen molar-refractivity contribution < 1.29 is 14.0 Å². The van der Waals surface area contributed by atoms with Gasteiger partial charge in [0.15, 0.2) is 0 Å². The molecule has 2 fully saturated rings. The SMILES string of the molecule is CC1(C)OB(c2cnn(C3CCOC3)n2)OC1(C)C. The number of rotatable bonds is 2. The average Bonchev–Trinajstić information content (AvgIpc) is 3.00. The predicted molar refractivity (Wildman–Crippen MR) is 70.2 cm³/mol. The fraction of sp³-hybridized carbons (Fsp3) is 0.833. The Morgan fingerprint density at radius 3 is 2.53 bits per heavy atom. The predicted octanol–water partition coefficient (Wildman–Crippen LogP) is 0.539. The molecule has 2 aliphatic rings. The molecule has 3 rings (SSSR count). The molecule has 0 spiro atoms. The monoisotopic (exact) mass is 265 g/mol. The minimum atomic E-state index is -0.443. The number of ether oxygens (including phenoxy) is 1. The summed E-state index contributed by atoms with van der Waals surface area (Å²) in [7, 11) is -0.443. The lowest BCUT2D eigenvalue weighted by Gasteiger charge is -2.32. The minimum Gasteiger partial charge on any atom is -0.398 e. The van der Waals surface area contributed by atoms with Gasteiger partial charge in [0.25, 0.3) is 0 Å². The summed E-state index contributed by atoms with van der Waals surface area (Å²) in [5.74, 6) is 0. The third-order valence-corrected chi connectivity index (χ3v) is 4.25. The molecule has 1 unspecified atom stereocenters. The molecule has 2 aliphatic heterocycles. The standard InChI is InChI=1S/C12H20BN3O3/c1-11(2)12(3,4)19-13(18-11)10-7-14-16(15-10)9-5-6-17-8-9/h7,9H,5-6,8H2,1-4H3. The summed E-state index contributed by atoms with van der Waals surface area (Å²) in [5.41, 5.74) is 0.0288. The van der Waals surface area contributed by atoms with Crippen molar-refractivity contribution in [3.63, 3.8) is 0 Å². The summed E-state index contributed by atoms with van der Waals surface area (Å²) in [5, 5.41) is 8.78. The van der Waals surface area contributed by atoms with E-state index in [9.17, 15) is 0 Å². The molecule has 0 N–H and O–H groups in total. The molecule has 2 saturated heterocycles. The molecule has 0 aromatic carbocycles. The molecular formula is C12H20BN3O3. The molecule has 104 valence electrons. The van der Waals surface area contributed by atoms with E-state index in [1.54, 1.807) is 11.0 Å². The van der Waals surface area contributed by atoms with E-state index >= 15 is 0 Å². The zero-order valence-electron chi connectivity index (χ0n) is 11.9. The molecule has 1 aromatic rings. The molecule has 1 aromatic heterocycles. The highest BCUT2D eigenvalue weighted by Gasteiger charge is 2.52. The summed E-state index contributed by atoms with van der Waals surface area (Å²) < 4.78 is 17.3. The Kier molecular flexibility index (Phi) is 2.96. The Labute approximate surface area is 113 Å². The van der Waals surface area contributed by atoms with E-state index in [-0.39, 0.29) is 17.2 Å². The highest BCUT2D eigenvalue weighted by molar-refractivity contribution is 6.61. The lowest BCUT2D eigenvalue weighted by molar-refractivity contribution is 0.00578. The molecular weight excluding hydrogens is 245 g/mol. The Hall–Kier alpha value is -0.915. The molecule has 3 heterocycles. The van der Waals surface area contributed by atoms with Crippen LogP contribution in [-0.4, -0.2) is 46.5 Å². The van der Waals surface area contributed by atoms with Gasteiger partial charge in [-0.25, -0.2) is 0 Å². The van der Waals surface area contributed by atoms with Gasteiger partial charge in [0.1, 0.15) is 5.59 Å². The van der Waals surface area contributed by atoms with Crippen LogP contribution >= 0.6 is 0 Å². The van der Waals surface area contributed by atoms with Gasteiger partial charge in [-0.1, -0.05) is 0 Å². The normalized spacial score (nSPS) is 29.1. The van der Waals surface area contributed by atoms with Crippen LogP contribution in [0.1, 0.15) is 40.2 Å². The van der Waals surface area contributed by atoms with Gasteiger partial charge in [0, 0.05) is 6.61 Å². The van der Waals surface area contributed by atoms with Crippen LogP contribution in [0.15, 0.2) is 6.20 Å². The maximum atomic E-state index is 5.96. The summed E-state index contributed by atoms with van der Waals surface area (Å²) in [6, 6.07) is 0.233. The molecule has 7 heteroatoms. The summed E-state index contributed by atoms with van der Waals surface area (Å²) in [6.45, 7) is 9.57. The van der Waals surface area contributed by atoms with Crippen LogP contribution in [0.4, 0.5) is 0 Å². The van der Waals surface area contributed by atoms with Gasteiger partial charge in [-0.05, 0) is 34.1 Å². The first-order chi connectivity index (χ1) is 8.89. The van der Waals surface area contributed by atoms with Crippen molar-refractivity contribution in [3.05, 3.63) is 6.20 Å². The topological polar surface area (TPSA) is 58.4 Å². The molecule has 0 radical (unpaired) electrons. The smallest absolute Gasteiger partial charge is 0.398 e. The van der Waals surface area contributed by atoms with Gasteiger partial charge >= 0.3 is 7.12 Å². The number of hydrogen-bond acceptors (Lipinski definition) is 5. The van der Waals surface area contributed by atoms with Crippen LogP contribution in [0.25, 0.3) is 0 Å². The summed E-state index contributed by atoms with van der Waals surface area (Å²) in [6.07, 6.45) is 2.68. The number of nitrogens with zero attached hydrogens (tertiary/aromatic N) is 3. The first kappa shape index (κ1) is 13.1. The van der Waals surface area contributed by atoms with Gasteiger partial charge < -0.3 is 14.0 Å². The van der Waals surface area contributed by atoms with Crippen molar-refractivity contribution in [1.29, 1.82) is 0 Å². The Morgan fingerprint density at radius 2 is 1.95 bits per heavy atom. The van der Waals surface area contributed by atoms with Crippen molar-refractivity contribution in [2.24, 2.45) is 0 Å². The molecule has 1 atom stereocenters. The summed E-state index contributed by atoms with van der Waals surface area (Å²) >= 11 is 0. The van der Waals surface area contributed by atoms with Crippen molar-refractivity contribution >= 4 is 12.7 Å². The minimum absolute atomic E-state index is 0.233. The highest BCUT2D eigenvalue weighted by Crippen LogP contribution is 2.36. The second-order valence-electron chi connectivity index (χ2n) is 6.20. The Bertz CT molecular complexity index is 453. The maximum Gasteiger partial charge on any atom is 0.518 e. The van der Waals surface area contributed by atoms with Crippen LogP contribution in [0.3, 0.4) is 0 Å². The van der Waals surface area contributed by atoms with E-state index in [2.05, 4.69) is 10.2 Å². The molecule has 6 nitrogen and oxygen atoms in total. The van der Waals surface area contributed by atoms with Crippen LogP contribution in [0.5, 0.6) is 0 Å². The quantitative estimate of drug-likeness (QED) is 0.730. The second kappa shape index (κ2) is 4.29. The van der Waals surface area contributed by atoms with Crippen LogP contribution in [0.2, 0.25) is 0 Å². The number of hydrogen-bond donors (Lipinski definition) is 0. The van der Waals surface area contributed by atoms with Gasteiger partial charge in [0.05, 0.1) is 30.0 Å². The van der Waals surface area contributed by atoms with E-state index in [0.29, 0.717) is 6.61 Å². The van der Waals surface area contributed by atoms with Crippen molar-refractivity contribution in [1.82, 2.24) is 15.0 Å². The van der Waals surface area contributed by atoms with E-state index < -0.39 is 7.12 Å². The lowest BCUT2D eigenvalue weighted by atomic mass is 9.86. The molecule has 0 amide bonds. The summed E-state index contributed by atoms with van der Waals surface area (Å²) in [4.78, 5) is 1.72. The third kappa shape index (κ3) is 2.20. The van der Waals surface area contributed by atoms with Crippen LogP contribution in [-0.2, 0) is 14.0 Å². The molecule has 0 bridgehead atoms. The molecule has 19 heavy (non-hydrogen) atoms. The maximum absolute atomic E-state index is 5.96. The van der Waals surface area contributed by atoms with Crippen LogP contribution in [0, 0.1) is 0 Å². The zero-order valence-corrected chi connectivity index (χ0v) is 11.9. The van der Waals surface area contributed by atoms with E-state index in [1.807, 2.05) is 27.7 Å². The lowest BCUT2D eigenvalue weighted by Crippen LogP contribution is -2.41. The molecule has 0 saturated carbocycles.